The molecule has 0 spiro atoms. The number of benzene rings is 1. The first-order chi connectivity index (χ1) is 14.5. The van der Waals surface area contributed by atoms with Crippen molar-refractivity contribution in [2.75, 3.05) is 0 Å². The van der Waals surface area contributed by atoms with E-state index in [-0.39, 0.29) is 0 Å². The predicted molar refractivity (Wildman–Crippen MR) is 142 cm³/mol. The molecular weight excluding hydrogens is 362 g/mol. The number of rotatable bonds is 5. The molecule has 30 heavy (non-hydrogen) atoms. The van der Waals surface area contributed by atoms with Crippen LogP contribution in [0.15, 0.2) is 55.3 Å². The van der Waals surface area contributed by atoms with Crippen LogP contribution in [-0.4, -0.2) is 4.98 Å². The summed E-state index contributed by atoms with van der Waals surface area (Å²) in [6, 6.07) is 10.7. The summed E-state index contributed by atoms with van der Waals surface area (Å²) >= 11 is 0. The Morgan fingerprint density at radius 2 is 1.47 bits per heavy atom. The van der Waals surface area contributed by atoms with Gasteiger partial charge in [-0.1, -0.05) is 110 Å². The average molecular weight is 412 g/mol. The monoisotopic (exact) mass is 411 g/mol. The van der Waals surface area contributed by atoms with Crippen LogP contribution < -0.4 is 0 Å². The van der Waals surface area contributed by atoms with Crippen LogP contribution >= 0.6 is 0 Å². The zero-order valence-corrected chi connectivity index (χ0v) is 21.7. The van der Waals surface area contributed by atoms with Gasteiger partial charge in [-0.15, -0.1) is 6.58 Å². The summed E-state index contributed by atoms with van der Waals surface area (Å²) in [6.07, 6.45) is 13.0. The lowest BCUT2D eigenvalue weighted by Gasteiger charge is -2.06. The Morgan fingerprint density at radius 3 is 1.83 bits per heavy atom. The first kappa shape index (κ1) is 32.5. The normalized spacial score (nSPS) is 8.87. The molecule has 1 aromatic heterocycles. The van der Waals surface area contributed by atoms with Gasteiger partial charge in [0.05, 0.1) is 5.69 Å². The third-order valence-electron chi connectivity index (χ3n) is 3.79. The zero-order valence-electron chi connectivity index (χ0n) is 21.7. The standard InChI is InChI=1S/C16H17N.C5H12.C4H8.2C2H6/c1-4-6-16-13(3)10-15(11-17-16)14-8-5-7-12(2)9-14;1-3-5-4-2;1-3-4-2;2*1-2/h4-11H,1-3H3;3-5H2,1-2H3;3H,1,4H2,2H3;2*1-2H3/b6-4-;;;;. The molecule has 0 N–H and O–H groups in total. The van der Waals surface area contributed by atoms with Crippen molar-refractivity contribution >= 4 is 6.08 Å². The molecule has 0 fully saturated rings. The molecule has 0 saturated carbocycles. The molecule has 1 heteroatoms. The van der Waals surface area contributed by atoms with Crippen LogP contribution in [0.4, 0.5) is 0 Å². The molecule has 0 bridgehead atoms. The lowest BCUT2D eigenvalue weighted by molar-refractivity contribution is 0.772. The Morgan fingerprint density at radius 1 is 0.900 bits per heavy atom. The van der Waals surface area contributed by atoms with Crippen LogP contribution in [0.2, 0.25) is 0 Å². The van der Waals surface area contributed by atoms with Gasteiger partial charge in [0.15, 0.2) is 0 Å². The number of unbranched alkanes of at least 4 members (excludes halogenated alkanes) is 2. The number of nitrogens with zero attached hydrogens (tertiary/aromatic N) is 1. The minimum absolute atomic E-state index is 1.05. The van der Waals surface area contributed by atoms with Crippen LogP contribution in [0.3, 0.4) is 0 Å². The quantitative estimate of drug-likeness (QED) is 0.446. The predicted octanol–water partition coefficient (Wildman–Crippen LogP) is 10.2. The highest BCUT2D eigenvalue weighted by Crippen LogP contribution is 2.22. The van der Waals surface area contributed by atoms with Crippen molar-refractivity contribution in [1.29, 1.82) is 0 Å². The van der Waals surface area contributed by atoms with Gasteiger partial charge in [-0.2, -0.15) is 0 Å². The molecular formula is C29H49N. The van der Waals surface area contributed by atoms with E-state index >= 15 is 0 Å². The molecule has 170 valence electrons. The first-order valence-electron chi connectivity index (χ1n) is 11.8. The van der Waals surface area contributed by atoms with Crippen molar-refractivity contribution in [2.24, 2.45) is 0 Å². The summed E-state index contributed by atoms with van der Waals surface area (Å²) in [5.41, 5.74) is 5.94. The van der Waals surface area contributed by atoms with Crippen molar-refractivity contribution in [2.45, 2.75) is 94.9 Å². The number of allylic oxidation sites excluding steroid dienone is 2. The van der Waals surface area contributed by atoms with Gasteiger partial charge in [-0.25, -0.2) is 0 Å². The molecule has 0 saturated heterocycles. The Kier molecular flexibility index (Phi) is 27.0. The summed E-state index contributed by atoms with van der Waals surface area (Å²) in [5, 5.41) is 0. The van der Waals surface area contributed by atoms with Gasteiger partial charge in [0.25, 0.3) is 0 Å². The minimum Gasteiger partial charge on any atom is -0.256 e. The van der Waals surface area contributed by atoms with Crippen LogP contribution in [0.25, 0.3) is 17.2 Å². The van der Waals surface area contributed by atoms with E-state index in [0.29, 0.717) is 0 Å². The highest BCUT2D eigenvalue weighted by molar-refractivity contribution is 5.65. The number of aromatic nitrogens is 1. The van der Waals surface area contributed by atoms with Crippen molar-refractivity contribution < 1.29 is 0 Å². The molecule has 2 aromatic rings. The van der Waals surface area contributed by atoms with E-state index in [2.05, 4.69) is 76.5 Å². The lowest BCUT2D eigenvalue weighted by atomic mass is 10.0. The van der Waals surface area contributed by atoms with E-state index in [1.165, 1.54) is 41.5 Å². The molecule has 0 aliphatic heterocycles. The molecule has 1 heterocycles. The molecule has 0 radical (unpaired) electrons. The summed E-state index contributed by atoms with van der Waals surface area (Å²) in [6.45, 7) is 24.2. The topological polar surface area (TPSA) is 12.9 Å². The molecule has 0 aliphatic carbocycles. The Labute approximate surface area is 189 Å². The molecule has 2 rings (SSSR count). The summed E-state index contributed by atoms with van der Waals surface area (Å²) in [7, 11) is 0. The summed E-state index contributed by atoms with van der Waals surface area (Å²) in [4.78, 5) is 4.49. The van der Waals surface area contributed by atoms with Gasteiger partial charge in [0.2, 0.25) is 0 Å². The SMILES string of the molecule is C/C=C\c1ncc(-c2cccc(C)c2)cc1C.C=CCC.CC.CC.CCCCC. The number of hydrogen-bond acceptors (Lipinski definition) is 1. The molecule has 1 nitrogen and oxygen atoms in total. The number of pyridine rings is 1. The van der Waals surface area contributed by atoms with Crippen molar-refractivity contribution in [3.8, 4) is 11.1 Å². The van der Waals surface area contributed by atoms with E-state index < -0.39 is 0 Å². The second kappa shape index (κ2) is 24.9. The van der Waals surface area contributed by atoms with E-state index in [0.717, 1.165) is 12.1 Å². The van der Waals surface area contributed by atoms with Crippen LogP contribution in [0.5, 0.6) is 0 Å². The van der Waals surface area contributed by atoms with Crippen molar-refractivity contribution in [3.05, 3.63) is 72.1 Å². The van der Waals surface area contributed by atoms with E-state index in [1.54, 1.807) is 0 Å². The number of aryl methyl sites for hydroxylation is 2. The van der Waals surface area contributed by atoms with Crippen molar-refractivity contribution in [3.63, 3.8) is 0 Å². The first-order valence-corrected chi connectivity index (χ1v) is 11.8. The smallest absolute Gasteiger partial charge is 0.0655 e. The maximum Gasteiger partial charge on any atom is 0.0655 e. The fourth-order valence-corrected chi connectivity index (χ4v) is 2.25. The molecule has 0 unspecified atom stereocenters. The molecule has 0 amide bonds. The largest absolute Gasteiger partial charge is 0.256 e. The maximum absolute atomic E-state index is 4.49. The van der Waals surface area contributed by atoms with Gasteiger partial charge in [-0.3, -0.25) is 4.98 Å². The Bertz CT molecular complexity index is 651. The maximum atomic E-state index is 4.49. The van der Waals surface area contributed by atoms with Gasteiger partial charge in [0, 0.05) is 11.8 Å². The van der Waals surface area contributed by atoms with E-state index in [1.807, 2.05) is 59.0 Å². The molecule has 0 atom stereocenters. The van der Waals surface area contributed by atoms with Crippen LogP contribution in [0, 0.1) is 13.8 Å². The van der Waals surface area contributed by atoms with Crippen LogP contribution in [-0.2, 0) is 0 Å². The van der Waals surface area contributed by atoms with Crippen LogP contribution in [0.1, 0.15) is 97.9 Å². The van der Waals surface area contributed by atoms with Gasteiger partial charge in [-0.05, 0) is 50.5 Å². The molecule has 0 aliphatic rings. The average Bonchev–Trinajstić information content (AvgIpc) is 2.79. The third-order valence-corrected chi connectivity index (χ3v) is 3.79. The van der Waals surface area contributed by atoms with E-state index in [9.17, 15) is 0 Å². The number of hydrogen-bond donors (Lipinski definition) is 0. The summed E-state index contributed by atoms with van der Waals surface area (Å²) in [5.74, 6) is 0. The second-order valence-corrected chi connectivity index (χ2v) is 6.35. The van der Waals surface area contributed by atoms with Gasteiger partial charge >= 0.3 is 0 Å². The Hall–Kier alpha value is -2.15. The highest BCUT2D eigenvalue weighted by Gasteiger charge is 2.01. The summed E-state index contributed by atoms with van der Waals surface area (Å²) < 4.78 is 0. The lowest BCUT2D eigenvalue weighted by Crippen LogP contribution is -1.89. The fraction of sp³-hybridized carbons (Fsp3) is 0.483. The second-order valence-electron chi connectivity index (χ2n) is 6.35. The minimum atomic E-state index is 1.05. The third kappa shape index (κ3) is 16.8. The molecule has 1 aromatic carbocycles. The fourth-order valence-electron chi connectivity index (χ4n) is 2.25. The zero-order chi connectivity index (χ0) is 23.8. The van der Waals surface area contributed by atoms with Gasteiger partial charge < -0.3 is 0 Å². The van der Waals surface area contributed by atoms with E-state index in [4.69, 9.17) is 0 Å². The van der Waals surface area contributed by atoms with Crippen molar-refractivity contribution in [1.82, 2.24) is 4.98 Å². The Balaban J connectivity index is -0.000000467. The van der Waals surface area contributed by atoms with Gasteiger partial charge in [0.1, 0.15) is 0 Å². The highest BCUT2D eigenvalue weighted by atomic mass is 14.7.